The highest BCUT2D eigenvalue weighted by Crippen LogP contribution is 2.34. The predicted octanol–water partition coefficient (Wildman–Crippen LogP) is 3.11. The average Bonchev–Trinajstić information content (AvgIpc) is 2.82. The van der Waals surface area contributed by atoms with Crippen LogP contribution in [0.2, 0.25) is 0 Å². The Morgan fingerprint density at radius 3 is 2.76 bits per heavy atom. The van der Waals surface area contributed by atoms with Crippen molar-refractivity contribution in [3.8, 4) is 11.5 Å². The highest BCUT2D eigenvalue weighted by Gasteiger charge is 2.15. The molecule has 17 heavy (non-hydrogen) atoms. The summed E-state index contributed by atoms with van der Waals surface area (Å²) in [6, 6.07) is 6.50. The maximum atomic E-state index is 5.39. The molecule has 0 aliphatic carbocycles. The molecule has 0 aromatic heterocycles. The summed E-state index contributed by atoms with van der Waals surface area (Å²) < 4.78 is 10.7. The van der Waals surface area contributed by atoms with Gasteiger partial charge >= 0.3 is 0 Å². The largest absolute Gasteiger partial charge is 0.454 e. The lowest BCUT2D eigenvalue weighted by molar-refractivity contribution is 0.174. The third kappa shape index (κ3) is 2.91. The first-order valence-electron chi connectivity index (χ1n) is 6.33. The van der Waals surface area contributed by atoms with E-state index < -0.39 is 0 Å². The quantitative estimate of drug-likeness (QED) is 0.850. The van der Waals surface area contributed by atoms with Crippen LogP contribution in [0.25, 0.3) is 0 Å². The van der Waals surface area contributed by atoms with Crippen LogP contribution in [0.15, 0.2) is 18.2 Å². The third-order valence-electron chi connectivity index (χ3n) is 3.37. The smallest absolute Gasteiger partial charge is 0.231 e. The monoisotopic (exact) mass is 235 g/mol. The molecule has 1 aromatic carbocycles. The van der Waals surface area contributed by atoms with Gasteiger partial charge in [-0.05, 0) is 37.1 Å². The number of nitrogens with one attached hydrogen (secondary N) is 1. The van der Waals surface area contributed by atoms with Gasteiger partial charge in [-0.25, -0.2) is 0 Å². The number of hydrogen-bond acceptors (Lipinski definition) is 3. The van der Waals surface area contributed by atoms with Crippen LogP contribution in [0.5, 0.6) is 11.5 Å². The Morgan fingerprint density at radius 1 is 1.24 bits per heavy atom. The van der Waals surface area contributed by atoms with Crippen LogP contribution >= 0.6 is 0 Å². The van der Waals surface area contributed by atoms with E-state index in [1.54, 1.807) is 0 Å². The first-order chi connectivity index (χ1) is 8.20. The van der Waals surface area contributed by atoms with Gasteiger partial charge in [-0.2, -0.15) is 0 Å². The topological polar surface area (TPSA) is 30.5 Å². The predicted molar refractivity (Wildman–Crippen MR) is 68.4 cm³/mol. The lowest BCUT2D eigenvalue weighted by atomic mass is 10.1. The molecule has 1 heterocycles. The summed E-state index contributed by atoms with van der Waals surface area (Å²) in [5.41, 5.74) is 1.25. The van der Waals surface area contributed by atoms with Crippen LogP contribution in [0.4, 0.5) is 0 Å². The van der Waals surface area contributed by atoms with Gasteiger partial charge in [0.15, 0.2) is 11.5 Å². The molecular formula is C14H21NO2. The standard InChI is InChI=1S/C14H21NO2/c1-4-10(2)8-15-11(3)12-5-6-13-14(7-12)17-9-16-13/h5-7,10-11,15H,4,8-9H2,1-3H3. The van der Waals surface area contributed by atoms with E-state index in [0.717, 1.165) is 18.0 Å². The van der Waals surface area contributed by atoms with Crippen LogP contribution in [0.1, 0.15) is 38.8 Å². The van der Waals surface area contributed by atoms with E-state index in [1.165, 1.54) is 12.0 Å². The maximum Gasteiger partial charge on any atom is 0.231 e. The Morgan fingerprint density at radius 2 is 2.00 bits per heavy atom. The molecule has 3 nitrogen and oxygen atoms in total. The fraction of sp³-hybridized carbons (Fsp3) is 0.571. The molecule has 0 amide bonds. The fourth-order valence-electron chi connectivity index (χ4n) is 1.82. The Hall–Kier alpha value is -1.22. The summed E-state index contributed by atoms with van der Waals surface area (Å²) in [4.78, 5) is 0. The molecule has 2 rings (SSSR count). The minimum atomic E-state index is 0.341. The van der Waals surface area contributed by atoms with Gasteiger partial charge in [-0.15, -0.1) is 0 Å². The molecule has 2 atom stereocenters. The zero-order chi connectivity index (χ0) is 12.3. The number of ether oxygens (including phenoxy) is 2. The summed E-state index contributed by atoms with van der Waals surface area (Å²) in [5.74, 6) is 2.43. The lowest BCUT2D eigenvalue weighted by Gasteiger charge is -2.17. The van der Waals surface area contributed by atoms with E-state index in [4.69, 9.17) is 9.47 Å². The Bertz CT molecular complexity index is 378. The van der Waals surface area contributed by atoms with Gasteiger partial charge in [0.25, 0.3) is 0 Å². The van der Waals surface area contributed by atoms with Crippen molar-refractivity contribution in [1.29, 1.82) is 0 Å². The number of rotatable bonds is 5. The zero-order valence-electron chi connectivity index (χ0n) is 10.8. The van der Waals surface area contributed by atoms with Gasteiger partial charge < -0.3 is 14.8 Å². The highest BCUT2D eigenvalue weighted by molar-refractivity contribution is 5.45. The molecule has 94 valence electrons. The minimum absolute atomic E-state index is 0.341. The van der Waals surface area contributed by atoms with Crippen LogP contribution in [-0.4, -0.2) is 13.3 Å². The molecule has 0 bridgehead atoms. The zero-order valence-corrected chi connectivity index (χ0v) is 10.8. The van der Waals surface area contributed by atoms with Crippen molar-refractivity contribution < 1.29 is 9.47 Å². The van der Waals surface area contributed by atoms with Gasteiger partial charge in [0.2, 0.25) is 6.79 Å². The van der Waals surface area contributed by atoms with Gasteiger partial charge in [-0.3, -0.25) is 0 Å². The van der Waals surface area contributed by atoms with Crippen molar-refractivity contribution in [3.05, 3.63) is 23.8 Å². The van der Waals surface area contributed by atoms with Crippen LogP contribution in [0.3, 0.4) is 0 Å². The summed E-state index contributed by atoms with van der Waals surface area (Å²) in [6.45, 7) is 8.05. The third-order valence-corrected chi connectivity index (χ3v) is 3.37. The second-order valence-electron chi connectivity index (χ2n) is 4.76. The van der Waals surface area contributed by atoms with Gasteiger partial charge in [-0.1, -0.05) is 26.3 Å². The van der Waals surface area contributed by atoms with Crippen LogP contribution < -0.4 is 14.8 Å². The van der Waals surface area contributed by atoms with E-state index in [-0.39, 0.29) is 0 Å². The molecule has 0 spiro atoms. The highest BCUT2D eigenvalue weighted by atomic mass is 16.7. The molecule has 0 saturated carbocycles. The number of fused-ring (bicyclic) bond motifs is 1. The molecule has 0 saturated heterocycles. The number of hydrogen-bond donors (Lipinski definition) is 1. The Kier molecular flexibility index (Phi) is 3.89. The van der Waals surface area contributed by atoms with Crippen molar-refractivity contribution in [1.82, 2.24) is 5.32 Å². The summed E-state index contributed by atoms with van der Waals surface area (Å²) in [7, 11) is 0. The van der Waals surface area contributed by atoms with Crippen LogP contribution in [-0.2, 0) is 0 Å². The van der Waals surface area contributed by atoms with Gasteiger partial charge in [0.05, 0.1) is 0 Å². The molecule has 0 radical (unpaired) electrons. The van der Waals surface area contributed by atoms with E-state index in [9.17, 15) is 0 Å². The maximum absolute atomic E-state index is 5.39. The Balaban J connectivity index is 1.97. The summed E-state index contributed by atoms with van der Waals surface area (Å²) >= 11 is 0. The first kappa shape index (κ1) is 12.2. The van der Waals surface area contributed by atoms with Crippen molar-refractivity contribution >= 4 is 0 Å². The average molecular weight is 235 g/mol. The first-order valence-corrected chi connectivity index (χ1v) is 6.33. The van der Waals surface area contributed by atoms with Crippen molar-refractivity contribution in [3.63, 3.8) is 0 Å². The summed E-state index contributed by atoms with van der Waals surface area (Å²) in [6.07, 6.45) is 1.21. The molecule has 1 N–H and O–H groups in total. The second kappa shape index (κ2) is 5.41. The molecule has 3 heteroatoms. The molecule has 1 aromatic rings. The molecular weight excluding hydrogens is 214 g/mol. The SMILES string of the molecule is CCC(C)CNC(C)c1ccc2c(c1)OCO2. The normalized spacial score (nSPS) is 16.9. The number of benzene rings is 1. The molecule has 2 unspecified atom stereocenters. The minimum Gasteiger partial charge on any atom is -0.454 e. The Labute approximate surface area is 103 Å². The van der Waals surface area contributed by atoms with E-state index in [1.807, 2.05) is 6.07 Å². The summed E-state index contributed by atoms with van der Waals surface area (Å²) in [5, 5.41) is 3.54. The van der Waals surface area contributed by atoms with Crippen molar-refractivity contribution in [2.75, 3.05) is 13.3 Å². The lowest BCUT2D eigenvalue weighted by Crippen LogP contribution is -2.24. The van der Waals surface area contributed by atoms with Crippen LogP contribution in [0, 0.1) is 5.92 Å². The molecule has 1 aliphatic heterocycles. The molecule has 0 fully saturated rings. The van der Waals surface area contributed by atoms with Crippen molar-refractivity contribution in [2.24, 2.45) is 5.92 Å². The fourth-order valence-corrected chi connectivity index (χ4v) is 1.82. The van der Waals surface area contributed by atoms with Gasteiger partial charge in [0.1, 0.15) is 0 Å². The van der Waals surface area contributed by atoms with E-state index in [2.05, 4.69) is 38.2 Å². The van der Waals surface area contributed by atoms with E-state index in [0.29, 0.717) is 18.8 Å². The molecule has 1 aliphatic rings. The van der Waals surface area contributed by atoms with Crippen molar-refractivity contribution in [2.45, 2.75) is 33.2 Å². The van der Waals surface area contributed by atoms with Gasteiger partial charge in [0, 0.05) is 6.04 Å². The van der Waals surface area contributed by atoms with E-state index >= 15 is 0 Å². The second-order valence-corrected chi connectivity index (χ2v) is 4.76.